The highest BCUT2D eigenvalue weighted by Crippen LogP contribution is 2.32. The van der Waals surface area contributed by atoms with Gasteiger partial charge in [0.15, 0.2) is 0 Å². The summed E-state index contributed by atoms with van der Waals surface area (Å²) in [4.78, 5) is 0. The molecule has 2 nitrogen and oxygen atoms in total. The van der Waals surface area contributed by atoms with E-state index in [1.54, 1.807) is 18.2 Å². The van der Waals surface area contributed by atoms with E-state index >= 15 is 0 Å². The average Bonchev–Trinajstić information content (AvgIpc) is 2.33. The van der Waals surface area contributed by atoms with Crippen molar-refractivity contribution in [1.29, 1.82) is 0 Å². The minimum Gasteiger partial charge on any atom is -0.374 e. The molecule has 4 heteroatoms. The largest absolute Gasteiger partial charge is 0.374 e. The molecule has 1 aromatic carbocycles. The van der Waals surface area contributed by atoms with Crippen LogP contribution in [0, 0.1) is 5.82 Å². The maximum Gasteiger partial charge on any atom is 0.128 e. The Labute approximate surface area is 106 Å². The normalized spacial score (nSPS) is 27.8. The molecule has 3 atom stereocenters. The van der Waals surface area contributed by atoms with Gasteiger partial charge in [0.25, 0.3) is 0 Å². The van der Waals surface area contributed by atoms with Gasteiger partial charge in [-0.3, -0.25) is 0 Å². The fourth-order valence-electron chi connectivity index (χ4n) is 1.91. The molecule has 1 aliphatic carbocycles. The third-order valence-corrected chi connectivity index (χ3v) is 3.38. The minimum atomic E-state index is -0.234. The summed E-state index contributed by atoms with van der Waals surface area (Å²) >= 11 is 6.02. The maximum absolute atomic E-state index is 13.3. The first-order valence-corrected chi connectivity index (χ1v) is 6.26. The zero-order valence-electron chi connectivity index (χ0n) is 9.74. The van der Waals surface area contributed by atoms with Gasteiger partial charge in [-0.2, -0.15) is 0 Å². The molecule has 0 spiro atoms. The standard InChI is InChI=1S/C13H16ClFO2/c1-2-16-13-10(14)7-12(13)17-8-9-5-3-4-6-11(9)15/h3-6,10,12-13H,2,7-8H2,1H3. The zero-order chi connectivity index (χ0) is 12.3. The number of hydrogen-bond acceptors (Lipinski definition) is 2. The number of benzene rings is 1. The SMILES string of the molecule is CCOC1C(Cl)CC1OCc1ccccc1F. The summed E-state index contributed by atoms with van der Waals surface area (Å²) in [6.07, 6.45) is 0.686. The van der Waals surface area contributed by atoms with Crippen LogP contribution >= 0.6 is 11.6 Å². The van der Waals surface area contributed by atoms with Crippen LogP contribution in [0.15, 0.2) is 24.3 Å². The van der Waals surface area contributed by atoms with Gasteiger partial charge < -0.3 is 9.47 Å². The van der Waals surface area contributed by atoms with Crippen LogP contribution in [0.3, 0.4) is 0 Å². The fourth-order valence-corrected chi connectivity index (χ4v) is 2.32. The van der Waals surface area contributed by atoms with Gasteiger partial charge in [0.1, 0.15) is 11.9 Å². The quantitative estimate of drug-likeness (QED) is 0.756. The second kappa shape index (κ2) is 5.80. The van der Waals surface area contributed by atoms with Crippen LogP contribution < -0.4 is 0 Å². The molecule has 1 aromatic rings. The van der Waals surface area contributed by atoms with E-state index in [1.165, 1.54) is 6.07 Å². The van der Waals surface area contributed by atoms with Crippen molar-refractivity contribution in [1.82, 2.24) is 0 Å². The summed E-state index contributed by atoms with van der Waals surface area (Å²) in [5, 5.41) is 0.0144. The number of halogens is 2. The van der Waals surface area contributed by atoms with E-state index < -0.39 is 0 Å². The van der Waals surface area contributed by atoms with E-state index in [9.17, 15) is 4.39 Å². The lowest BCUT2D eigenvalue weighted by Crippen LogP contribution is -2.50. The molecule has 1 aliphatic rings. The lowest BCUT2D eigenvalue weighted by atomic mass is 9.91. The molecule has 1 saturated carbocycles. The van der Waals surface area contributed by atoms with Crippen LogP contribution in [0.2, 0.25) is 0 Å². The van der Waals surface area contributed by atoms with E-state index in [1.807, 2.05) is 6.92 Å². The van der Waals surface area contributed by atoms with Gasteiger partial charge in [0, 0.05) is 12.2 Å². The van der Waals surface area contributed by atoms with Crippen molar-refractivity contribution in [3.8, 4) is 0 Å². The molecule has 3 unspecified atom stereocenters. The Morgan fingerprint density at radius 2 is 2.12 bits per heavy atom. The van der Waals surface area contributed by atoms with Crippen molar-refractivity contribution < 1.29 is 13.9 Å². The molecule has 2 rings (SSSR count). The number of ether oxygens (including phenoxy) is 2. The molecule has 0 N–H and O–H groups in total. The van der Waals surface area contributed by atoms with Crippen molar-refractivity contribution in [3.63, 3.8) is 0 Å². The second-order valence-electron chi connectivity index (χ2n) is 4.11. The van der Waals surface area contributed by atoms with Crippen LogP contribution in [0.4, 0.5) is 4.39 Å². The molecule has 0 aliphatic heterocycles. The van der Waals surface area contributed by atoms with Crippen molar-refractivity contribution in [2.75, 3.05) is 6.61 Å². The summed E-state index contributed by atoms with van der Waals surface area (Å²) in [6, 6.07) is 6.62. The van der Waals surface area contributed by atoms with E-state index in [0.717, 1.165) is 6.42 Å². The predicted molar refractivity (Wildman–Crippen MR) is 64.6 cm³/mol. The summed E-state index contributed by atoms with van der Waals surface area (Å²) in [5.41, 5.74) is 0.570. The van der Waals surface area contributed by atoms with Gasteiger partial charge in [-0.1, -0.05) is 18.2 Å². The molecule has 0 bridgehead atoms. The lowest BCUT2D eigenvalue weighted by Gasteiger charge is -2.40. The number of rotatable bonds is 5. The van der Waals surface area contributed by atoms with Crippen LogP contribution in [-0.2, 0) is 16.1 Å². The second-order valence-corrected chi connectivity index (χ2v) is 4.67. The summed E-state index contributed by atoms with van der Waals surface area (Å²) in [6.45, 7) is 2.81. The Morgan fingerprint density at radius 1 is 1.35 bits per heavy atom. The molecular weight excluding hydrogens is 243 g/mol. The van der Waals surface area contributed by atoms with Crippen molar-refractivity contribution in [3.05, 3.63) is 35.6 Å². The first kappa shape index (κ1) is 12.8. The van der Waals surface area contributed by atoms with E-state index in [4.69, 9.17) is 21.1 Å². The van der Waals surface area contributed by atoms with Gasteiger partial charge in [0.2, 0.25) is 0 Å². The topological polar surface area (TPSA) is 18.5 Å². The van der Waals surface area contributed by atoms with Gasteiger partial charge >= 0.3 is 0 Å². The highest BCUT2D eigenvalue weighted by Gasteiger charge is 2.41. The van der Waals surface area contributed by atoms with Crippen molar-refractivity contribution >= 4 is 11.6 Å². The summed E-state index contributed by atoms with van der Waals surface area (Å²) in [7, 11) is 0. The smallest absolute Gasteiger partial charge is 0.128 e. The Balaban J connectivity index is 1.85. The third kappa shape index (κ3) is 2.97. The predicted octanol–water partition coefficient (Wildman–Crippen LogP) is 3.13. The monoisotopic (exact) mass is 258 g/mol. The molecule has 0 amide bonds. The number of hydrogen-bond donors (Lipinski definition) is 0. The molecule has 0 radical (unpaired) electrons. The summed E-state index contributed by atoms with van der Waals surface area (Å²) < 4.78 is 24.4. The first-order valence-electron chi connectivity index (χ1n) is 5.83. The van der Waals surface area contributed by atoms with Gasteiger partial charge in [-0.15, -0.1) is 11.6 Å². The zero-order valence-corrected chi connectivity index (χ0v) is 10.5. The van der Waals surface area contributed by atoms with Crippen LogP contribution in [0.25, 0.3) is 0 Å². The lowest BCUT2D eigenvalue weighted by molar-refractivity contribution is -0.127. The first-order chi connectivity index (χ1) is 8.22. The highest BCUT2D eigenvalue weighted by atomic mass is 35.5. The van der Waals surface area contributed by atoms with Crippen LogP contribution in [0.5, 0.6) is 0 Å². The Bertz CT molecular complexity index is 372. The molecule has 0 saturated heterocycles. The third-order valence-electron chi connectivity index (χ3n) is 2.95. The molecule has 0 heterocycles. The average molecular weight is 259 g/mol. The highest BCUT2D eigenvalue weighted by molar-refractivity contribution is 6.21. The van der Waals surface area contributed by atoms with Crippen LogP contribution in [0.1, 0.15) is 18.9 Å². The van der Waals surface area contributed by atoms with E-state index in [0.29, 0.717) is 12.2 Å². The van der Waals surface area contributed by atoms with E-state index in [2.05, 4.69) is 0 Å². The molecule has 17 heavy (non-hydrogen) atoms. The Kier molecular flexibility index (Phi) is 4.37. The Hall–Kier alpha value is -0.640. The molecule has 0 aromatic heterocycles. The van der Waals surface area contributed by atoms with Gasteiger partial charge in [-0.25, -0.2) is 4.39 Å². The minimum absolute atomic E-state index is 0.0144. The van der Waals surface area contributed by atoms with E-state index in [-0.39, 0.29) is 30.0 Å². The molecular formula is C13H16ClFO2. The van der Waals surface area contributed by atoms with Gasteiger partial charge in [-0.05, 0) is 19.4 Å². The van der Waals surface area contributed by atoms with Crippen molar-refractivity contribution in [2.24, 2.45) is 0 Å². The fraction of sp³-hybridized carbons (Fsp3) is 0.538. The maximum atomic E-state index is 13.3. The summed E-state index contributed by atoms with van der Waals surface area (Å²) in [5.74, 6) is -0.234. The Morgan fingerprint density at radius 3 is 2.76 bits per heavy atom. The van der Waals surface area contributed by atoms with Crippen molar-refractivity contribution in [2.45, 2.75) is 37.5 Å². The van der Waals surface area contributed by atoms with Gasteiger partial charge in [0.05, 0.1) is 18.1 Å². The van der Waals surface area contributed by atoms with Crippen LogP contribution in [-0.4, -0.2) is 24.2 Å². The molecule has 94 valence electrons. The molecule has 1 fully saturated rings. The number of alkyl halides is 1.